The van der Waals surface area contributed by atoms with Gasteiger partial charge in [0.1, 0.15) is 0 Å². The second-order valence-corrected chi connectivity index (χ2v) is 5.46. The van der Waals surface area contributed by atoms with Crippen molar-refractivity contribution < 1.29 is 10.2 Å². The fraction of sp³-hybridized carbons (Fsp3) is 0.600. The first kappa shape index (κ1) is 14.2. The van der Waals surface area contributed by atoms with Crippen LogP contribution in [0.3, 0.4) is 0 Å². The fourth-order valence-corrected chi connectivity index (χ4v) is 2.44. The number of aliphatic hydroxyl groups is 2. The van der Waals surface area contributed by atoms with Crippen molar-refractivity contribution in [2.75, 3.05) is 0 Å². The summed E-state index contributed by atoms with van der Waals surface area (Å²) >= 11 is 0. The summed E-state index contributed by atoms with van der Waals surface area (Å²) in [7, 11) is 0. The van der Waals surface area contributed by atoms with E-state index in [0.717, 1.165) is 24.8 Å². The Bertz CT molecular complexity index is 337. The van der Waals surface area contributed by atoms with Crippen LogP contribution in [0.1, 0.15) is 40.0 Å². The van der Waals surface area contributed by atoms with Crippen molar-refractivity contribution in [2.45, 2.75) is 52.2 Å². The first-order valence-corrected chi connectivity index (χ1v) is 6.24. The van der Waals surface area contributed by atoms with Crippen LogP contribution in [0.2, 0.25) is 0 Å². The molecule has 0 aromatic carbocycles. The summed E-state index contributed by atoms with van der Waals surface area (Å²) in [5, 5.41) is 19.3. The molecule has 0 amide bonds. The highest BCUT2D eigenvalue weighted by atomic mass is 16.3. The quantitative estimate of drug-likeness (QED) is 0.737. The molecule has 0 saturated heterocycles. The third kappa shape index (κ3) is 3.55. The first-order chi connectivity index (χ1) is 7.88. The molecule has 17 heavy (non-hydrogen) atoms. The van der Waals surface area contributed by atoms with Gasteiger partial charge in [-0.15, -0.1) is 6.58 Å². The Hall–Kier alpha value is -0.860. The van der Waals surface area contributed by atoms with Gasteiger partial charge >= 0.3 is 0 Å². The van der Waals surface area contributed by atoms with Crippen molar-refractivity contribution in [1.29, 1.82) is 0 Å². The maximum Gasteiger partial charge on any atom is 0.0900 e. The van der Waals surface area contributed by atoms with Gasteiger partial charge in [-0.2, -0.15) is 0 Å². The van der Waals surface area contributed by atoms with Crippen molar-refractivity contribution in [1.82, 2.24) is 0 Å². The Kier molecular flexibility index (Phi) is 4.72. The summed E-state index contributed by atoms with van der Waals surface area (Å²) in [4.78, 5) is 0. The average Bonchev–Trinajstić information content (AvgIpc) is 2.28. The van der Waals surface area contributed by atoms with Gasteiger partial charge in [0, 0.05) is 0 Å². The zero-order valence-electron chi connectivity index (χ0n) is 11.1. The molecule has 2 N–H and O–H groups in total. The summed E-state index contributed by atoms with van der Waals surface area (Å²) in [5.74, 6) is 0. The molecule has 0 aromatic rings. The molecule has 0 aliphatic heterocycles. The molecule has 2 unspecified atom stereocenters. The van der Waals surface area contributed by atoms with Crippen LogP contribution in [-0.2, 0) is 0 Å². The highest BCUT2D eigenvalue weighted by Crippen LogP contribution is 2.41. The molecule has 0 bridgehead atoms. The standard InChI is InChI=1S/C15H24O2/c1-5-12(16)7-6-8-13-11(2)14(17)9-10-15(13,3)4/h5-7,12,14,16-17H,1,8-10H2,2-4H3/b7-6+. The van der Waals surface area contributed by atoms with Crippen molar-refractivity contribution in [3.05, 3.63) is 36.0 Å². The Morgan fingerprint density at radius 2 is 2.18 bits per heavy atom. The average molecular weight is 236 g/mol. The Morgan fingerprint density at radius 3 is 2.76 bits per heavy atom. The smallest absolute Gasteiger partial charge is 0.0900 e. The second-order valence-electron chi connectivity index (χ2n) is 5.46. The Morgan fingerprint density at radius 1 is 1.53 bits per heavy atom. The SMILES string of the molecule is C=CC(O)/C=C/CC1=C(C)C(O)CCC1(C)C. The number of rotatable bonds is 4. The predicted octanol–water partition coefficient (Wildman–Crippen LogP) is 2.98. The molecular formula is C15H24O2. The van der Waals surface area contributed by atoms with Gasteiger partial charge < -0.3 is 10.2 Å². The molecule has 0 saturated carbocycles. The fourth-order valence-electron chi connectivity index (χ4n) is 2.44. The lowest BCUT2D eigenvalue weighted by molar-refractivity contribution is 0.159. The zero-order chi connectivity index (χ0) is 13.1. The van der Waals surface area contributed by atoms with E-state index in [4.69, 9.17) is 0 Å². The summed E-state index contributed by atoms with van der Waals surface area (Å²) in [5.41, 5.74) is 2.54. The molecule has 0 spiro atoms. The van der Waals surface area contributed by atoms with E-state index in [0.29, 0.717) is 0 Å². The molecule has 0 heterocycles. The van der Waals surface area contributed by atoms with Crippen LogP contribution in [-0.4, -0.2) is 22.4 Å². The van der Waals surface area contributed by atoms with Crippen LogP contribution in [0.15, 0.2) is 36.0 Å². The lowest BCUT2D eigenvalue weighted by Gasteiger charge is -2.36. The van der Waals surface area contributed by atoms with Crippen molar-refractivity contribution >= 4 is 0 Å². The van der Waals surface area contributed by atoms with Gasteiger partial charge in [-0.25, -0.2) is 0 Å². The van der Waals surface area contributed by atoms with Crippen molar-refractivity contribution in [3.8, 4) is 0 Å². The first-order valence-electron chi connectivity index (χ1n) is 6.24. The maximum atomic E-state index is 9.89. The van der Waals surface area contributed by atoms with E-state index < -0.39 is 6.10 Å². The highest BCUT2D eigenvalue weighted by Gasteiger charge is 2.31. The summed E-state index contributed by atoms with van der Waals surface area (Å²) in [6.45, 7) is 9.98. The molecule has 1 aliphatic carbocycles. The summed E-state index contributed by atoms with van der Waals surface area (Å²) in [6.07, 6.45) is 6.98. The third-order valence-corrected chi connectivity index (χ3v) is 3.73. The minimum atomic E-state index is -0.576. The van der Waals surface area contributed by atoms with E-state index in [1.54, 1.807) is 6.08 Å². The summed E-state index contributed by atoms with van der Waals surface area (Å²) < 4.78 is 0. The lowest BCUT2D eigenvalue weighted by atomic mass is 9.70. The van der Waals surface area contributed by atoms with Crippen LogP contribution in [0.25, 0.3) is 0 Å². The van der Waals surface area contributed by atoms with Crippen molar-refractivity contribution in [3.63, 3.8) is 0 Å². The van der Waals surface area contributed by atoms with Gasteiger partial charge in [0.15, 0.2) is 0 Å². The van der Waals surface area contributed by atoms with E-state index in [2.05, 4.69) is 20.4 Å². The van der Waals surface area contributed by atoms with Crippen LogP contribution in [0, 0.1) is 5.41 Å². The Labute approximate surface area is 104 Å². The molecule has 96 valence electrons. The van der Waals surface area contributed by atoms with Crippen LogP contribution < -0.4 is 0 Å². The molecule has 2 heteroatoms. The van der Waals surface area contributed by atoms with Crippen molar-refractivity contribution in [2.24, 2.45) is 5.41 Å². The van der Waals surface area contributed by atoms with Crippen LogP contribution >= 0.6 is 0 Å². The molecule has 0 aromatic heterocycles. The number of allylic oxidation sites excluding steroid dienone is 2. The molecule has 1 rings (SSSR count). The molecule has 1 aliphatic rings. The van der Waals surface area contributed by atoms with Crippen LogP contribution in [0.5, 0.6) is 0 Å². The van der Waals surface area contributed by atoms with Gasteiger partial charge in [-0.3, -0.25) is 0 Å². The number of hydrogen-bond donors (Lipinski definition) is 2. The molecule has 0 radical (unpaired) electrons. The predicted molar refractivity (Wildman–Crippen MR) is 71.7 cm³/mol. The van der Waals surface area contributed by atoms with Gasteiger partial charge in [0.05, 0.1) is 12.2 Å². The minimum absolute atomic E-state index is 0.146. The normalized spacial score (nSPS) is 26.3. The Balaban J connectivity index is 2.81. The van der Waals surface area contributed by atoms with Gasteiger partial charge in [-0.05, 0) is 37.2 Å². The molecule has 0 fully saturated rings. The van der Waals surface area contributed by atoms with E-state index in [-0.39, 0.29) is 11.5 Å². The number of aliphatic hydroxyl groups excluding tert-OH is 2. The van der Waals surface area contributed by atoms with E-state index in [1.165, 1.54) is 11.6 Å². The van der Waals surface area contributed by atoms with Gasteiger partial charge in [-0.1, -0.05) is 37.6 Å². The number of hydrogen-bond acceptors (Lipinski definition) is 2. The topological polar surface area (TPSA) is 40.5 Å². The van der Waals surface area contributed by atoms with E-state index >= 15 is 0 Å². The second kappa shape index (κ2) is 5.65. The lowest BCUT2D eigenvalue weighted by Crippen LogP contribution is -2.27. The molecule has 2 nitrogen and oxygen atoms in total. The third-order valence-electron chi connectivity index (χ3n) is 3.73. The minimum Gasteiger partial charge on any atom is -0.389 e. The monoisotopic (exact) mass is 236 g/mol. The van der Waals surface area contributed by atoms with E-state index in [1.807, 2.05) is 13.0 Å². The van der Waals surface area contributed by atoms with Crippen LogP contribution in [0.4, 0.5) is 0 Å². The maximum absolute atomic E-state index is 9.89. The zero-order valence-corrected chi connectivity index (χ0v) is 11.1. The molecular weight excluding hydrogens is 212 g/mol. The highest BCUT2D eigenvalue weighted by molar-refractivity contribution is 5.27. The van der Waals surface area contributed by atoms with Gasteiger partial charge in [0.25, 0.3) is 0 Å². The van der Waals surface area contributed by atoms with E-state index in [9.17, 15) is 10.2 Å². The largest absolute Gasteiger partial charge is 0.389 e. The molecule has 2 atom stereocenters. The summed E-state index contributed by atoms with van der Waals surface area (Å²) in [6, 6.07) is 0. The van der Waals surface area contributed by atoms with Gasteiger partial charge in [0.2, 0.25) is 0 Å².